The highest BCUT2D eigenvalue weighted by molar-refractivity contribution is 9.10. The third-order valence-electron chi connectivity index (χ3n) is 2.91. The van der Waals surface area contributed by atoms with Gasteiger partial charge in [-0.2, -0.15) is 5.10 Å². The van der Waals surface area contributed by atoms with Gasteiger partial charge in [-0.3, -0.25) is 9.89 Å². The van der Waals surface area contributed by atoms with E-state index in [-0.39, 0.29) is 11.9 Å². The number of nitrogens with zero attached hydrogens (tertiary/aromatic N) is 1. The Kier molecular flexibility index (Phi) is 4.37. The van der Waals surface area contributed by atoms with Gasteiger partial charge in [-0.05, 0) is 38.0 Å². The van der Waals surface area contributed by atoms with Gasteiger partial charge in [-0.25, -0.2) is 0 Å². The standard InChI is InChI=1S/C14H16BrN3O/c1-9(7-11-3-5-12(15)6-4-11)17-14(19)13-8-16-18-10(13)2/h3-6,8-9H,7H2,1-2H3,(H,16,18)(H,17,19). The Hall–Kier alpha value is -1.62. The van der Waals surface area contributed by atoms with Crippen LogP contribution < -0.4 is 5.32 Å². The molecule has 0 radical (unpaired) electrons. The molecule has 0 spiro atoms. The van der Waals surface area contributed by atoms with E-state index >= 15 is 0 Å². The number of benzene rings is 1. The van der Waals surface area contributed by atoms with Gasteiger partial charge in [-0.15, -0.1) is 0 Å². The summed E-state index contributed by atoms with van der Waals surface area (Å²) in [6, 6.07) is 8.18. The van der Waals surface area contributed by atoms with Crippen molar-refractivity contribution in [2.75, 3.05) is 0 Å². The van der Waals surface area contributed by atoms with Gasteiger partial charge in [0.15, 0.2) is 0 Å². The number of amides is 1. The third kappa shape index (κ3) is 3.67. The number of halogens is 1. The zero-order valence-electron chi connectivity index (χ0n) is 10.9. The summed E-state index contributed by atoms with van der Waals surface area (Å²) in [6.07, 6.45) is 2.35. The molecule has 4 nitrogen and oxygen atoms in total. The quantitative estimate of drug-likeness (QED) is 0.909. The first-order valence-corrected chi connectivity index (χ1v) is 6.91. The molecule has 2 aromatic rings. The van der Waals surface area contributed by atoms with Crippen LogP contribution in [0.2, 0.25) is 0 Å². The van der Waals surface area contributed by atoms with Crippen molar-refractivity contribution in [2.45, 2.75) is 26.3 Å². The van der Waals surface area contributed by atoms with Crippen LogP contribution >= 0.6 is 15.9 Å². The van der Waals surface area contributed by atoms with Gasteiger partial charge in [0.25, 0.3) is 5.91 Å². The van der Waals surface area contributed by atoms with Crippen molar-refractivity contribution in [3.8, 4) is 0 Å². The van der Waals surface area contributed by atoms with Crippen molar-refractivity contribution in [1.82, 2.24) is 15.5 Å². The second-order valence-corrected chi connectivity index (χ2v) is 5.53. The van der Waals surface area contributed by atoms with Crippen molar-refractivity contribution in [3.05, 3.63) is 51.8 Å². The number of nitrogens with one attached hydrogen (secondary N) is 2. The van der Waals surface area contributed by atoms with E-state index in [1.807, 2.05) is 26.0 Å². The fourth-order valence-electron chi connectivity index (χ4n) is 1.91. The lowest BCUT2D eigenvalue weighted by Crippen LogP contribution is -2.34. The van der Waals surface area contributed by atoms with E-state index < -0.39 is 0 Å². The van der Waals surface area contributed by atoms with E-state index in [1.54, 1.807) is 6.20 Å². The van der Waals surface area contributed by atoms with E-state index in [9.17, 15) is 4.79 Å². The lowest BCUT2D eigenvalue weighted by molar-refractivity contribution is 0.0939. The first-order chi connectivity index (χ1) is 9.06. The molecule has 0 saturated heterocycles. The molecule has 0 bridgehead atoms. The summed E-state index contributed by atoms with van der Waals surface area (Å²) in [5.41, 5.74) is 2.58. The molecule has 1 atom stereocenters. The molecule has 2 N–H and O–H groups in total. The topological polar surface area (TPSA) is 57.8 Å². The van der Waals surface area contributed by atoms with Gasteiger partial charge in [0, 0.05) is 16.2 Å². The maximum Gasteiger partial charge on any atom is 0.254 e. The molecule has 0 saturated carbocycles. The van der Waals surface area contributed by atoms with Crippen molar-refractivity contribution >= 4 is 21.8 Å². The summed E-state index contributed by atoms with van der Waals surface area (Å²) in [5, 5.41) is 9.59. The van der Waals surface area contributed by atoms with E-state index in [0.29, 0.717) is 5.56 Å². The minimum Gasteiger partial charge on any atom is -0.349 e. The molecule has 0 fully saturated rings. The normalized spacial score (nSPS) is 12.2. The number of hydrogen-bond acceptors (Lipinski definition) is 2. The van der Waals surface area contributed by atoms with Crippen LogP contribution in [0.25, 0.3) is 0 Å². The van der Waals surface area contributed by atoms with E-state index in [4.69, 9.17) is 0 Å². The predicted octanol–water partition coefficient (Wildman–Crippen LogP) is 2.84. The van der Waals surface area contributed by atoms with E-state index in [0.717, 1.165) is 16.6 Å². The Balaban J connectivity index is 1.94. The van der Waals surface area contributed by atoms with Crippen LogP contribution in [0.15, 0.2) is 34.9 Å². The van der Waals surface area contributed by atoms with Crippen LogP contribution in [0.3, 0.4) is 0 Å². The van der Waals surface area contributed by atoms with Gasteiger partial charge in [-0.1, -0.05) is 28.1 Å². The smallest absolute Gasteiger partial charge is 0.254 e. The molecule has 1 aromatic heterocycles. The minimum atomic E-state index is -0.0872. The number of aromatic nitrogens is 2. The van der Waals surface area contributed by atoms with Crippen molar-refractivity contribution < 1.29 is 4.79 Å². The van der Waals surface area contributed by atoms with Crippen LogP contribution in [0.4, 0.5) is 0 Å². The van der Waals surface area contributed by atoms with Crippen LogP contribution in [0, 0.1) is 6.92 Å². The number of hydrogen-bond donors (Lipinski definition) is 2. The van der Waals surface area contributed by atoms with Crippen molar-refractivity contribution in [2.24, 2.45) is 0 Å². The number of H-pyrrole nitrogens is 1. The first-order valence-electron chi connectivity index (χ1n) is 6.11. The molecule has 1 aromatic carbocycles. The Morgan fingerprint density at radius 3 is 2.68 bits per heavy atom. The average molecular weight is 322 g/mol. The molecular formula is C14H16BrN3O. The Morgan fingerprint density at radius 2 is 2.11 bits per heavy atom. The molecule has 1 unspecified atom stereocenters. The van der Waals surface area contributed by atoms with Gasteiger partial charge >= 0.3 is 0 Å². The lowest BCUT2D eigenvalue weighted by atomic mass is 10.1. The van der Waals surface area contributed by atoms with E-state index in [2.05, 4.69) is 43.6 Å². The molecule has 0 aliphatic heterocycles. The number of carbonyl (C=O) groups is 1. The highest BCUT2D eigenvalue weighted by Crippen LogP contribution is 2.12. The molecule has 19 heavy (non-hydrogen) atoms. The van der Waals surface area contributed by atoms with Crippen LogP contribution in [0.1, 0.15) is 28.5 Å². The SMILES string of the molecule is Cc1[nH]ncc1C(=O)NC(C)Cc1ccc(Br)cc1. The van der Waals surface area contributed by atoms with Crippen LogP contribution in [-0.2, 0) is 6.42 Å². The largest absolute Gasteiger partial charge is 0.349 e. The average Bonchev–Trinajstić information content (AvgIpc) is 2.78. The molecule has 0 aliphatic rings. The van der Waals surface area contributed by atoms with Crippen molar-refractivity contribution in [1.29, 1.82) is 0 Å². The number of aryl methyl sites for hydroxylation is 1. The fourth-order valence-corrected chi connectivity index (χ4v) is 2.17. The summed E-state index contributed by atoms with van der Waals surface area (Å²) in [7, 11) is 0. The molecule has 1 heterocycles. The highest BCUT2D eigenvalue weighted by atomic mass is 79.9. The molecule has 100 valence electrons. The Morgan fingerprint density at radius 1 is 1.42 bits per heavy atom. The summed E-state index contributed by atoms with van der Waals surface area (Å²) in [6.45, 7) is 3.83. The number of aromatic amines is 1. The fraction of sp³-hybridized carbons (Fsp3) is 0.286. The van der Waals surface area contributed by atoms with Crippen LogP contribution in [-0.4, -0.2) is 22.1 Å². The van der Waals surface area contributed by atoms with Gasteiger partial charge < -0.3 is 5.32 Å². The van der Waals surface area contributed by atoms with Gasteiger partial charge in [0.1, 0.15) is 0 Å². The first kappa shape index (κ1) is 13.8. The highest BCUT2D eigenvalue weighted by Gasteiger charge is 2.13. The van der Waals surface area contributed by atoms with Gasteiger partial charge in [0.05, 0.1) is 11.8 Å². The lowest BCUT2D eigenvalue weighted by Gasteiger charge is -2.13. The van der Waals surface area contributed by atoms with Crippen molar-refractivity contribution in [3.63, 3.8) is 0 Å². The summed E-state index contributed by atoms with van der Waals surface area (Å²) >= 11 is 3.41. The Labute approximate surface area is 120 Å². The summed E-state index contributed by atoms with van der Waals surface area (Å²) in [4.78, 5) is 12.0. The maximum atomic E-state index is 12.0. The second-order valence-electron chi connectivity index (χ2n) is 4.61. The maximum absolute atomic E-state index is 12.0. The van der Waals surface area contributed by atoms with Gasteiger partial charge in [0.2, 0.25) is 0 Å². The molecular weight excluding hydrogens is 306 g/mol. The number of rotatable bonds is 4. The predicted molar refractivity (Wildman–Crippen MR) is 78.1 cm³/mol. The molecule has 1 amide bonds. The van der Waals surface area contributed by atoms with Crippen LogP contribution in [0.5, 0.6) is 0 Å². The number of carbonyl (C=O) groups excluding carboxylic acids is 1. The molecule has 2 rings (SSSR count). The summed E-state index contributed by atoms with van der Waals surface area (Å²) in [5.74, 6) is -0.0872. The summed E-state index contributed by atoms with van der Waals surface area (Å²) < 4.78 is 1.06. The second kappa shape index (κ2) is 6.02. The molecule has 0 aliphatic carbocycles. The zero-order chi connectivity index (χ0) is 13.8. The monoisotopic (exact) mass is 321 g/mol. The molecule has 5 heteroatoms. The van der Waals surface area contributed by atoms with E-state index in [1.165, 1.54) is 5.56 Å². The zero-order valence-corrected chi connectivity index (χ0v) is 12.5. The third-order valence-corrected chi connectivity index (χ3v) is 3.44. The minimum absolute atomic E-state index is 0.0722. The Bertz CT molecular complexity index is 562.